The highest BCUT2D eigenvalue weighted by molar-refractivity contribution is 7.89. The van der Waals surface area contributed by atoms with Gasteiger partial charge in [0.15, 0.2) is 0 Å². The number of carboxylic acid groups (broad SMARTS) is 1. The summed E-state index contributed by atoms with van der Waals surface area (Å²) in [4.78, 5) is 10.5. The van der Waals surface area contributed by atoms with Gasteiger partial charge in [0.25, 0.3) is 0 Å². The van der Waals surface area contributed by atoms with Crippen molar-refractivity contribution in [2.45, 2.75) is 57.5 Å². The van der Waals surface area contributed by atoms with Crippen LogP contribution in [-0.2, 0) is 27.4 Å². The maximum absolute atomic E-state index is 12.8. The molecule has 5 nitrogen and oxygen atoms in total. The molecule has 1 aromatic carbocycles. The Bertz CT molecular complexity index is 905. The van der Waals surface area contributed by atoms with Crippen molar-refractivity contribution in [2.75, 3.05) is 5.75 Å². The van der Waals surface area contributed by atoms with Gasteiger partial charge < -0.3 is 5.11 Å². The van der Waals surface area contributed by atoms with Crippen LogP contribution in [-0.4, -0.2) is 25.2 Å². The summed E-state index contributed by atoms with van der Waals surface area (Å²) in [6.07, 6.45) is 3.50. The SMILES string of the molecule is O=C(O)CCCC=CCC1=C(NS(=O)(=O)CCc2cccc(C(F)(F)F)c2)CCC1. The second kappa shape index (κ2) is 10.7. The summed E-state index contributed by atoms with van der Waals surface area (Å²) in [6.45, 7) is 0. The minimum atomic E-state index is -4.46. The number of carbonyl (C=O) groups is 1. The molecule has 2 N–H and O–H groups in total. The first kappa shape index (κ1) is 24.0. The number of halogens is 3. The topological polar surface area (TPSA) is 83.5 Å². The standard InChI is InChI=1S/C21H26F3NO4S/c22-21(23,24)18-10-5-7-16(15-18)13-14-30(28,29)25-19-11-6-9-17(19)8-3-1-2-4-12-20(26)27/h1,3,5,7,10,15,25H,2,4,6,8-9,11-14H2,(H,26,27). The molecule has 0 heterocycles. The van der Waals surface area contributed by atoms with Gasteiger partial charge in [0.2, 0.25) is 10.0 Å². The molecule has 1 aliphatic rings. The number of allylic oxidation sites excluding steroid dienone is 4. The Hall–Kier alpha value is -2.29. The van der Waals surface area contributed by atoms with Gasteiger partial charge in [-0.25, -0.2) is 8.42 Å². The average Bonchev–Trinajstić information content (AvgIpc) is 3.08. The normalized spacial score (nSPS) is 15.2. The monoisotopic (exact) mass is 445 g/mol. The summed E-state index contributed by atoms with van der Waals surface area (Å²) in [5, 5.41) is 8.60. The van der Waals surface area contributed by atoms with Gasteiger partial charge in [-0.15, -0.1) is 0 Å². The van der Waals surface area contributed by atoms with Gasteiger partial charge in [-0.3, -0.25) is 9.52 Å². The van der Waals surface area contributed by atoms with Crippen molar-refractivity contribution in [2.24, 2.45) is 0 Å². The molecule has 0 unspecified atom stereocenters. The van der Waals surface area contributed by atoms with Crippen LogP contribution in [0.1, 0.15) is 56.1 Å². The Balaban J connectivity index is 1.91. The lowest BCUT2D eigenvalue weighted by Gasteiger charge is -2.12. The van der Waals surface area contributed by atoms with Crippen LogP contribution in [0.4, 0.5) is 13.2 Å². The molecular formula is C21H26F3NO4S. The summed E-state index contributed by atoms with van der Waals surface area (Å²) >= 11 is 0. The summed E-state index contributed by atoms with van der Waals surface area (Å²) in [5.74, 6) is -1.13. The first-order valence-corrected chi connectivity index (χ1v) is 11.5. The maximum atomic E-state index is 12.8. The number of rotatable bonds is 11. The number of sulfonamides is 1. The van der Waals surface area contributed by atoms with Crippen LogP contribution in [0.2, 0.25) is 0 Å². The van der Waals surface area contributed by atoms with Crippen LogP contribution < -0.4 is 4.72 Å². The largest absolute Gasteiger partial charge is 0.481 e. The summed E-state index contributed by atoms with van der Waals surface area (Å²) in [5.41, 5.74) is 1.18. The summed E-state index contributed by atoms with van der Waals surface area (Å²) in [6, 6.07) is 4.70. The molecule has 0 aliphatic heterocycles. The first-order valence-electron chi connectivity index (χ1n) is 9.81. The van der Waals surface area contributed by atoms with E-state index in [1.165, 1.54) is 12.1 Å². The second-order valence-corrected chi connectivity index (χ2v) is 9.11. The fourth-order valence-corrected chi connectivity index (χ4v) is 4.49. The molecule has 0 atom stereocenters. The van der Waals surface area contributed by atoms with Crippen molar-refractivity contribution in [3.63, 3.8) is 0 Å². The van der Waals surface area contributed by atoms with E-state index in [-0.39, 0.29) is 18.6 Å². The van der Waals surface area contributed by atoms with Gasteiger partial charge in [0, 0.05) is 12.1 Å². The second-order valence-electron chi connectivity index (χ2n) is 7.27. The number of aryl methyl sites for hydroxylation is 1. The van der Waals surface area contributed by atoms with E-state index in [2.05, 4.69) is 4.72 Å². The van der Waals surface area contributed by atoms with Crippen LogP contribution in [0.25, 0.3) is 0 Å². The summed E-state index contributed by atoms with van der Waals surface area (Å²) < 4.78 is 65.8. The molecule has 0 saturated carbocycles. The van der Waals surface area contributed by atoms with E-state index in [1.54, 1.807) is 0 Å². The number of alkyl halides is 3. The van der Waals surface area contributed by atoms with Gasteiger partial charge in [-0.2, -0.15) is 13.2 Å². The molecule has 30 heavy (non-hydrogen) atoms. The zero-order valence-electron chi connectivity index (χ0n) is 16.5. The van der Waals surface area contributed by atoms with Crippen molar-refractivity contribution in [1.29, 1.82) is 0 Å². The smallest absolute Gasteiger partial charge is 0.416 e. The Morgan fingerprint density at radius 3 is 2.67 bits per heavy atom. The number of hydrogen-bond acceptors (Lipinski definition) is 3. The molecule has 0 radical (unpaired) electrons. The van der Waals surface area contributed by atoms with Gasteiger partial charge >= 0.3 is 12.1 Å². The molecule has 0 aromatic heterocycles. The average molecular weight is 446 g/mol. The number of hydrogen-bond donors (Lipinski definition) is 2. The Labute approximate surface area is 174 Å². The third-order valence-corrected chi connectivity index (χ3v) is 6.12. The van der Waals surface area contributed by atoms with E-state index in [0.29, 0.717) is 36.9 Å². The van der Waals surface area contributed by atoms with Crippen LogP contribution in [0.3, 0.4) is 0 Å². The lowest BCUT2D eigenvalue weighted by atomic mass is 10.1. The van der Waals surface area contributed by atoms with Crippen molar-refractivity contribution in [3.8, 4) is 0 Å². The van der Waals surface area contributed by atoms with E-state index in [1.807, 2.05) is 12.2 Å². The zero-order valence-corrected chi connectivity index (χ0v) is 17.4. The zero-order chi connectivity index (χ0) is 22.2. The maximum Gasteiger partial charge on any atom is 0.416 e. The van der Waals surface area contributed by atoms with Gasteiger partial charge in [0.05, 0.1) is 11.3 Å². The number of benzene rings is 1. The Morgan fingerprint density at radius 1 is 1.20 bits per heavy atom. The number of nitrogens with one attached hydrogen (secondary N) is 1. The van der Waals surface area contributed by atoms with Crippen molar-refractivity contribution >= 4 is 16.0 Å². The highest BCUT2D eigenvalue weighted by atomic mass is 32.2. The highest BCUT2D eigenvalue weighted by Gasteiger charge is 2.30. The minimum absolute atomic E-state index is 0.00858. The Kier molecular flexibility index (Phi) is 8.52. The number of aliphatic carboxylic acids is 1. The highest BCUT2D eigenvalue weighted by Crippen LogP contribution is 2.30. The quantitative estimate of drug-likeness (QED) is 0.378. The van der Waals surface area contributed by atoms with Crippen molar-refractivity contribution in [3.05, 3.63) is 58.8 Å². The van der Waals surface area contributed by atoms with E-state index < -0.39 is 27.7 Å². The van der Waals surface area contributed by atoms with Gasteiger partial charge in [0.1, 0.15) is 0 Å². The fraction of sp³-hybridized carbons (Fsp3) is 0.476. The molecule has 0 amide bonds. The molecule has 0 spiro atoms. The molecular weight excluding hydrogens is 419 g/mol. The van der Waals surface area contributed by atoms with Gasteiger partial charge in [-0.05, 0) is 62.1 Å². The van der Waals surface area contributed by atoms with Crippen molar-refractivity contribution < 1.29 is 31.5 Å². The fourth-order valence-electron chi connectivity index (χ4n) is 3.26. The predicted octanol–water partition coefficient (Wildman–Crippen LogP) is 4.81. The third-order valence-electron chi connectivity index (χ3n) is 4.82. The molecule has 0 saturated heterocycles. The molecule has 2 rings (SSSR count). The van der Waals surface area contributed by atoms with E-state index in [4.69, 9.17) is 5.11 Å². The van der Waals surface area contributed by atoms with Crippen LogP contribution in [0, 0.1) is 0 Å². The first-order chi connectivity index (χ1) is 14.1. The minimum Gasteiger partial charge on any atom is -0.481 e. The molecule has 166 valence electrons. The third kappa shape index (κ3) is 8.22. The van der Waals surface area contributed by atoms with E-state index in [0.717, 1.165) is 30.5 Å². The lowest BCUT2D eigenvalue weighted by Crippen LogP contribution is -2.27. The predicted molar refractivity (Wildman–Crippen MR) is 108 cm³/mol. The van der Waals surface area contributed by atoms with Crippen LogP contribution >= 0.6 is 0 Å². The van der Waals surface area contributed by atoms with Gasteiger partial charge in [-0.1, -0.05) is 30.4 Å². The van der Waals surface area contributed by atoms with Crippen LogP contribution in [0.15, 0.2) is 47.7 Å². The Morgan fingerprint density at radius 2 is 1.97 bits per heavy atom. The van der Waals surface area contributed by atoms with E-state index >= 15 is 0 Å². The molecule has 1 aromatic rings. The van der Waals surface area contributed by atoms with E-state index in [9.17, 15) is 26.4 Å². The van der Waals surface area contributed by atoms with Crippen molar-refractivity contribution in [1.82, 2.24) is 4.72 Å². The summed E-state index contributed by atoms with van der Waals surface area (Å²) in [7, 11) is -3.67. The number of carboxylic acids is 1. The van der Waals surface area contributed by atoms with Crippen LogP contribution in [0.5, 0.6) is 0 Å². The molecule has 1 aliphatic carbocycles. The number of unbranched alkanes of at least 4 members (excludes halogenated alkanes) is 1. The molecule has 0 fully saturated rings. The molecule has 9 heteroatoms. The lowest BCUT2D eigenvalue weighted by molar-refractivity contribution is -0.138. The molecule has 0 bridgehead atoms.